The average Bonchev–Trinajstić information content (AvgIpc) is 2.43. The zero-order valence-electron chi connectivity index (χ0n) is 10.7. The highest BCUT2D eigenvalue weighted by Gasteiger charge is 2.12. The minimum atomic E-state index is -0.240. The molecule has 2 N–H and O–H groups in total. The smallest absolute Gasteiger partial charge is 0.127 e. The van der Waals surface area contributed by atoms with Crippen molar-refractivity contribution in [2.75, 3.05) is 6.54 Å². The van der Waals surface area contributed by atoms with Gasteiger partial charge in [0, 0.05) is 10.6 Å². The third-order valence-corrected chi connectivity index (χ3v) is 3.71. The fourth-order valence-corrected chi connectivity index (χ4v) is 2.49. The first-order chi connectivity index (χ1) is 9.22. The van der Waals surface area contributed by atoms with Crippen LogP contribution in [0.5, 0.6) is 0 Å². The number of rotatable bonds is 5. The maximum absolute atomic E-state index is 13.7. The Balaban J connectivity index is 2.09. The van der Waals surface area contributed by atoms with Gasteiger partial charge < -0.3 is 5.73 Å². The molecule has 1 unspecified atom stereocenters. The van der Waals surface area contributed by atoms with Crippen LogP contribution in [0.4, 0.5) is 4.39 Å². The van der Waals surface area contributed by atoms with Crippen LogP contribution in [0.3, 0.4) is 0 Å². The molecular weight excluding hydrogens is 261 g/mol. The molecule has 2 aromatic carbocycles. The lowest BCUT2D eigenvalue weighted by Crippen LogP contribution is -2.13. The first-order valence-electron chi connectivity index (χ1n) is 6.40. The van der Waals surface area contributed by atoms with E-state index < -0.39 is 0 Å². The first-order valence-corrected chi connectivity index (χ1v) is 6.78. The van der Waals surface area contributed by atoms with E-state index in [9.17, 15) is 4.39 Å². The molecule has 0 spiro atoms. The van der Waals surface area contributed by atoms with Crippen LogP contribution in [0.15, 0.2) is 48.5 Å². The van der Waals surface area contributed by atoms with Crippen molar-refractivity contribution in [3.05, 3.63) is 70.5 Å². The standard InChI is InChI=1S/C16H17ClFN/c17-15-7-4-8-16(18)14(15)10-9-13(11-19)12-5-2-1-3-6-12/h1-8,13H,9-11,19H2. The summed E-state index contributed by atoms with van der Waals surface area (Å²) in [5.74, 6) is -0.00629. The molecule has 0 bridgehead atoms. The number of hydrogen-bond donors (Lipinski definition) is 1. The van der Waals surface area contributed by atoms with E-state index >= 15 is 0 Å². The summed E-state index contributed by atoms with van der Waals surface area (Å²) >= 11 is 6.03. The van der Waals surface area contributed by atoms with E-state index in [-0.39, 0.29) is 11.7 Å². The number of benzene rings is 2. The predicted molar refractivity (Wildman–Crippen MR) is 78.0 cm³/mol. The Hall–Kier alpha value is -1.38. The Morgan fingerprint density at radius 2 is 1.79 bits per heavy atom. The monoisotopic (exact) mass is 277 g/mol. The van der Waals surface area contributed by atoms with Crippen molar-refractivity contribution in [2.24, 2.45) is 5.73 Å². The van der Waals surface area contributed by atoms with Crippen LogP contribution in [-0.2, 0) is 6.42 Å². The van der Waals surface area contributed by atoms with Crippen LogP contribution in [-0.4, -0.2) is 6.54 Å². The van der Waals surface area contributed by atoms with Crippen molar-refractivity contribution in [2.45, 2.75) is 18.8 Å². The van der Waals surface area contributed by atoms with Gasteiger partial charge in [-0.05, 0) is 43.0 Å². The molecule has 2 aromatic rings. The van der Waals surface area contributed by atoms with E-state index in [1.165, 1.54) is 11.6 Å². The van der Waals surface area contributed by atoms with Gasteiger partial charge >= 0.3 is 0 Å². The second kappa shape index (κ2) is 6.69. The molecule has 1 atom stereocenters. The van der Waals surface area contributed by atoms with Crippen LogP contribution in [0.1, 0.15) is 23.5 Å². The minimum Gasteiger partial charge on any atom is -0.330 e. The molecule has 0 aromatic heterocycles. The van der Waals surface area contributed by atoms with Gasteiger partial charge in [-0.3, -0.25) is 0 Å². The summed E-state index contributed by atoms with van der Waals surface area (Å²) in [6.45, 7) is 0.552. The zero-order chi connectivity index (χ0) is 13.7. The molecule has 3 heteroatoms. The maximum atomic E-state index is 13.7. The third-order valence-electron chi connectivity index (χ3n) is 3.36. The molecule has 1 nitrogen and oxygen atoms in total. The molecule has 19 heavy (non-hydrogen) atoms. The molecular formula is C16H17ClFN. The van der Waals surface area contributed by atoms with Gasteiger partial charge in [-0.25, -0.2) is 4.39 Å². The third kappa shape index (κ3) is 3.55. The summed E-state index contributed by atoms with van der Waals surface area (Å²) in [6.07, 6.45) is 1.39. The lowest BCUT2D eigenvalue weighted by Gasteiger charge is -2.15. The Kier molecular flexibility index (Phi) is 4.94. The highest BCUT2D eigenvalue weighted by atomic mass is 35.5. The Labute approximate surface area is 118 Å². The molecule has 0 heterocycles. The summed E-state index contributed by atoms with van der Waals surface area (Å²) in [7, 11) is 0. The normalized spacial score (nSPS) is 12.4. The Morgan fingerprint density at radius 3 is 2.42 bits per heavy atom. The Bertz CT molecular complexity index is 507. The predicted octanol–water partition coefficient (Wildman–Crippen LogP) is 4.15. The lowest BCUT2D eigenvalue weighted by molar-refractivity contribution is 0.582. The molecule has 0 fully saturated rings. The summed E-state index contributed by atoms with van der Waals surface area (Å²) in [6, 6.07) is 14.9. The van der Waals surface area contributed by atoms with Gasteiger partial charge in [0.15, 0.2) is 0 Å². The first kappa shape index (κ1) is 14.0. The van der Waals surface area contributed by atoms with Crippen molar-refractivity contribution in [3.8, 4) is 0 Å². The number of halogens is 2. The van der Waals surface area contributed by atoms with E-state index in [0.717, 1.165) is 6.42 Å². The Morgan fingerprint density at radius 1 is 1.05 bits per heavy atom. The molecule has 0 radical (unpaired) electrons. The highest BCUT2D eigenvalue weighted by Crippen LogP contribution is 2.25. The molecule has 0 saturated carbocycles. The van der Waals surface area contributed by atoms with Gasteiger partial charge in [-0.2, -0.15) is 0 Å². The van der Waals surface area contributed by atoms with E-state index in [4.69, 9.17) is 17.3 Å². The van der Waals surface area contributed by atoms with Crippen molar-refractivity contribution in [1.82, 2.24) is 0 Å². The molecule has 0 aliphatic rings. The van der Waals surface area contributed by atoms with Gasteiger partial charge in [0.2, 0.25) is 0 Å². The molecule has 0 amide bonds. The average molecular weight is 278 g/mol. The van der Waals surface area contributed by atoms with Crippen molar-refractivity contribution >= 4 is 11.6 Å². The summed E-state index contributed by atoms with van der Waals surface area (Å²) in [4.78, 5) is 0. The summed E-state index contributed by atoms with van der Waals surface area (Å²) in [5, 5.41) is 0.490. The van der Waals surface area contributed by atoms with Crippen LogP contribution >= 0.6 is 11.6 Å². The van der Waals surface area contributed by atoms with Gasteiger partial charge in [0.25, 0.3) is 0 Å². The second-order valence-electron chi connectivity index (χ2n) is 4.58. The zero-order valence-corrected chi connectivity index (χ0v) is 11.4. The lowest BCUT2D eigenvalue weighted by atomic mass is 9.92. The van der Waals surface area contributed by atoms with Crippen LogP contribution < -0.4 is 5.73 Å². The minimum absolute atomic E-state index is 0.233. The van der Waals surface area contributed by atoms with Crippen LogP contribution in [0, 0.1) is 5.82 Å². The molecule has 2 rings (SSSR count). The van der Waals surface area contributed by atoms with E-state index in [1.54, 1.807) is 12.1 Å². The molecule has 0 aliphatic carbocycles. The van der Waals surface area contributed by atoms with E-state index in [1.807, 2.05) is 18.2 Å². The highest BCUT2D eigenvalue weighted by molar-refractivity contribution is 6.31. The second-order valence-corrected chi connectivity index (χ2v) is 4.99. The summed E-state index contributed by atoms with van der Waals surface area (Å²) < 4.78 is 13.7. The number of hydrogen-bond acceptors (Lipinski definition) is 1. The van der Waals surface area contributed by atoms with Crippen molar-refractivity contribution < 1.29 is 4.39 Å². The van der Waals surface area contributed by atoms with Crippen LogP contribution in [0.2, 0.25) is 5.02 Å². The van der Waals surface area contributed by atoms with Gasteiger partial charge in [0.1, 0.15) is 5.82 Å². The maximum Gasteiger partial charge on any atom is 0.127 e. The van der Waals surface area contributed by atoms with Crippen molar-refractivity contribution in [1.29, 1.82) is 0 Å². The van der Waals surface area contributed by atoms with E-state index in [2.05, 4.69) is 12.1 Å². The molecule has 0 aliphatic heterocycles. The van der Waals surface area contributed by atoms with Crippen molar-refractivity contribution in [3.63, 3.8) is 0 Å². The fraction of sp³-hybridized carbons (Fsp3) is 0.250. The molecule has 0 saturated heterocycles. The van der Waals surface area contributed by atoms with Gasteiger partial charge in [-0.1, -0.05) is 48.0 Å². The molecule has 100 valence electrons. The van der Waals surface area contributed by atoms with Gasteiger partial charge in [-0.15, -0.1) is 0 Å². The van der Waals surface area contributed by atoms with Crippen LogP contribution in [0.25, 0.3) is 0 Å². The quantitative estimate of drug-likeness (QED) is 0.873. The summed E-state index contributed by atoms with van der Waals surface area (Å²) in [5.41, 5.74) is 7.59. The SMILES string of the molecule is NCC(CCc1c(F)cccc1Cl)c1ccccc1. The number of nitrogens with two attached hydrogens (primary N) is 1. The largest absolute Gasteiger partial charge is 0.330 e. The van der Waals surface area contributed by atoms with Gasteiger partial charge in [0.05, 0.1) is 0 Å². The topological polar surface area (TPSA) is 26.0 Å². The van der Waals surface area contributed by atoms with E-state index in [0.29, 0.717) is 23.6 Å². The fourth-order valence-electron chi connectivity index (χ4n) is 2.24.